The van der Waals surface area contributed by atoms with E-state index in [9.17, 15) is 13.2 Å². The van der Waals surface area contributed by atoms with Gasteiger partial charge in [0.15, 0.2) is 5.75 Å². The average molecular weight is 358 g/mol. The van der Waals surface area contributed by atoms with Crippen molar-refractivity contribution in [2.24, 2.45) is 0 Å². The number of sulfonamides is 1. The van der Waals surface area contributed by atoms with Gasteiger partial charge in [0.1, 0.15) is 6.04 Å². The normalized spacial score (nSPS) is 12.9. The zero-order valence-corrected chi connectivity index (χ0v) is 14.6. The molecule has 1 aromatic heterocycles. The molecule has 130 valence electrons. The molecule has 0 fully saturated rings. The molecular formula is C18H18N2O4S. The van der Waals surface area contributed by atoms with Crippen molar-refractivity contribution in [1.29, 1.82) is 0 Å². The van der Waals surface area contributed by atoms with Gasteiger partial charge in [-0.2, -0.15) is 4.72 Å². The smallest absolute Gasteiger partial charge is 0.329 e. The summed E-state index contributed by atoms with van der Waals surface area (Å²) >= 11 is 0. The van der Waals surface area contributed by atoms with Crippen LogP contribution < -0.4 is 9.46 Å². The average Bonchev–Trinajstić information content (AvgIpc) is 2.98. The first-order valence-electron chi connectivity index (χ1n) is 7.74. The molecule has 1 unspecified atom stereocenters. The molecule has 25 heavy (non-hydrogen) atoms. The van der Waals surface area contributed by atoms with Gasteiger partial charge >= 0.3 is 5.97 Å². The van der Waals surface area contributed by atoms with Crippen molar-refractivity contribution in [3.63, 3.8) is 0 Å². The molecule has 0 aliphatic heterocycles. The molecule has 0 bridgehead atoms. The Morgan fingerprint density at radius 3 is 2.56 bits per heavy atom. The fourth-order valence-electron chi connectivity index (χ4n) is 2.53. The van der Waals surface area contributed by atoms with Crippen LogP contribution in [0.4, 0.5) is 0 Å². The largest absolute Gasteiger partial charge is 0.423 e. The maximum atomic E-state index is 12.5. The van der Waals surface area contributed by atoms with Gasteiger partial charge in [0, 0.05) is 17.1 Å². The molecule has 2 N–H and O–H groups in total. The number of esters is 1. The first kappa shape index (κ1) is 17.2. The molecule has 0 aliphatic carbocycles. The highest BCUT2D eigenvalue weighted by Gasteiger charge is 2.25. The predicted molar refractivity (Wildman–Crippen MR) is 94.9 cm³/mol. The van der Waals surface area contributed by atoms with Crippen molar-refractivity contribution in [2.75, 3.05) is 0 Å². The lowest BCUT2D eigenvalue weighted by Crippen LogP contribution is -2.40. The summed E-state index contributed by atoms with van der Waals surface area (Å²) in [6.07, 6.45) is 1.57. The third kappa shape index (κ3) is 3.57. The monoisotopic (exact) mass is 358 g/mol. The number of carbonyl (C=O) groups is 1. The van der Waals surface area contributed by atoms with E-state index in [1.165, 1.54) is 13.0 Å². The zero-order chi connectivity index (χ0) is 18.0. The van der Waals surface area contributed by atoms with Gasteiger partial charge in [0.25, 0.3) is 0 Å². The van der Waals surface area contributed by atoms with Crippen LogP contribution in [0, 0.1) is 6.92 Å². The molecule has 0 saturated carbocycles. The van der Waals surface area contributed by atoms with E-state index in [2.05, 4.69) is 9.71 Å². The highest BCUT2D eigenvalue weighted by atomic mass is 32.2. The summed E-state index contributed by atoms with van der Waals surface area (Å²) in [5.74, 6) is -0.315. The minimum atomic E-state index is -3.82. The molecule has 2 aromatic carbocycles. The minimum Gasteiger partial charge on any atom is -0.423 e. The number of carbonyl (C=O) groups excluding carboxylic acids is 1. The highest BCUT2D eigenvalue weighted by molar-refractivity contribution is 7.89. The number of ether oxygens (including phenoxy) is 1. The first-order valence-corrected chi connectivity index (χ1v) is 9.22. The van der Waals surface area contributed by atoms with Crippen molar-refractivity contribution < 1.29 is 17.9 Å². The fraction of sp³-hybridized carbons (Fsp3) is 0.167. The summed E-state index contributed by atoms with van der Waals surface area (Å²) in [5, 5.41) is 0.754. The summed E-state index contributed by atoms with van der Waals surface area (Å²) in [7, 11) is -3.82. The predicted octanol–water partition coefficient (Wildman–Crippen LogP) is 2.75. The van der Waals surface area contributed by atoms with Gasteiger partial charge in [-0.1, -0.05) is 30.3 Å². The maximum absolute atomic E-state index is 12.5. The van der Waals surface area contributed by atoms with Crippen LogP contribution in [-0.4, -0.2) is 25.4 Å². The third-order valence-electron chi connectivity index (χ3n) is 3.83. The van der Waals surface area contributed by atoms with E-state index in [0.29, 0.717) is 11.3 Å². The van der Waals surface area contributed by atoms with Crippen molar-refractivity contribution in [1.82, 2.24) is 9.71 Å². The summed E-state index contributed by atoms with van der Waals surface area (Å²) in [6, 6.07) is 12.9. The summed E-state index contributed by atoms with van der Waals surface area (Å²) in [5.41, 5.74) is 1.44. The molecule has 1 atom stereocenters. The van der Waals surface area contributed by atoms with Gasteiger partial charge in [-0.15, -0.1) is 0 Å². The molecule has 7 heteroatoms. The van der Waals surface area contributed by atoms with Gasteiger partial charge in [-0.25, -0.2) is 13.2 Å². The maximum Gasteiger partial charge on any atom is 0.329 e. The molecular weight excluding hydrogens is 340 g/mol. The van der Waals surface area contributed by atoms with Crippen molar-refractivity contribution in [3.8, 4) is 5.75 Å². The van der Waals surface area contributed by atoms with Gasteiger partial charge in [-0.3, -0.25) is 0 Å². The van der Waals surface area contributed by atoms with Crippen molar-refractivity contribution in [2.45, 2.75) is 24.8 Å². The lowest BCUT2D eigenvalue weighted by atomic mass is 10.2. The quantitative estimate of drug-likeness (QED) is 0.687. The van der Waals surface area contributed by atoms with Crippen molar-refractivity contribution in [3.05, 3.63) is 60.3 Å². The van der Waals surface area contributed by atoms with E-state index in [0.717, 1.165) is 10.9 Å². The molecule has 0 aliphatic rings. The Morgan fingerprint density at radius 2 is 1.80 bits per heavy atom. The lowest BCUT2D eigenvalue weighted by molar-refractivity contribution is -0.135. The second-order valence-corrected chi connectivity index (χ2v) is 7.41. The highest BCUT2D eigenvalue weighted by Crippen LogP contribution is 2.25. The number of hydrogen-bond donors (Lipinski definition) is 2. The van der Waals surface area contributed by atoms with Gasteiger partial charge in [0.05, 0.1) is 4.90 Å². The molecule has 3 rings (SSSR count). The molecule has 1 heterocycles. The van der Waals surface area contributed by atoms with E-state index >= 15 is 0 Å². The summed E-state index contributed by atoms with van der Waals surface area (Å²) in [6.45, 7) is 3.15. The number of rotatable bonds is 5. The number of hydrogen-bond acceptors (Lipinski definition) is 4. The second-order valence-electron chi connectivity index (χ2n) is 5.73. The number of aromatic amines is 1. The van der Waals surface area contributed by atoms with Crippen LogP contribution in [0.3, 0.4) is 0 Å². The number of H-pyrrole nitrogens is 1. The summed E-state index contributed by atoms with van der Waals surface area (Å²) in [4.78, 5) is 15.4. The number of fused-ring (bicyclic) bond motifs is 1. The van der Waals surface area contributed by atoms with Crippen LogP contribution in [0.25, 0.3) is 10.9 Å². The van der Waals surface area contributed by atoms with E-state index in [1.807, 2.05) is 24.3 Å². The number of nitrogens with one attached hydrogen (secondary N) is 2. The molecule has 3 aromatic rings. The Hall–Kier alpha value is -2.64. The van der Waals surface area contributed by atoms with E-state index < -0.39 is 22.0 Å². The van der Waals surface area contributed by atoms with Crippen LogP contribution >= 0.6 is 0 Å². The van der Waals surface area contributed by atoms with Crippen LogP contribution in [-0.2, 0) is 14.8 Å². The first-order chi connectivity index (χ1) is 11.9. The Bertz CT molecular complexity index is 1020. The van der Waals surface area contributed by atoms with Crippen LogP contribution in [0.1, 0.15) is 12.5 Å². The Balaban J connectivity index is 1.76. The van der Waals surface area contributed by atoms with E-state index in [4.69, 9.17) is 4.74 Å². The minimum absolute atomic E-state index is 0.141. The molecule has 0 spiro atoms. The van der Waals surface area contributed by atoms with E-state index in [1.54, 1.807) is 31.3 Å². The lowest BCUT2D eigenvalue weighted by Gasteiger charge is -2.14. The van der Waals surface area contributed by atoms with Crippen LogP contribution in [0.2, 0.25) is 0 Å². The molecule has 6 nitrogen and oxygen atoms in total. The molecule has 0 amide bonds. The zero-order valence-electron chi connectivity index (χ0n) is 13.8. The van der Waals surface area contributed by atoms with Gasteiger partial charge in [0.2, 0.25) is 10.0 Å². The van der Waals surface area contributed by atoms with Gasteiger partial charge in [-0.05, 0) is 37.6 Å². The summed E-state index contributed by atoms with van der Waals surface area (Å²) < 4.78 is 32.6. The Labute approximate surface area is 145 Å². The number of benzene rings is 2. The number of aromatic nitrogens is 1. The Kier molecular flexibility index (Phi) is 4.61. The van der Waals surface area contributed by atoms with E-state index in [-0.39, 0.29) is 4.90 Å². The number of para-hydroxylation sites is 1. The standard InChI is InChI=1S/C18H18N2O4S/c1-12-7-3-6-10-17(12)25(22,23)20-13(2)18(21)24-16-11-19-15-9-5-4-8-14(15)16/h3-11,13,19-20H,1-2H3. The Morgan fingerprint density at radius 1 is 1.12 bits per heavy atom. The number of aryl methyl sites for hydroxylation is 1. The fourth-order valence-corrected chi connectivity index (χ4v) is 3.97. The SMILES string of the molecule is Cc1ccccc1S(=O)(=O)NC(C)C(=O)Oc1c[nH]c2ccccc12. The topological polar surface area (TPSA) is 88.3 Å². The molecule has 0 saturated heterocycles. The van der Waals surface area contributed by atoms with Crippen LogP contribution in [0.5, 0.6) is 5.75 Å². The van der Waals surface area contributed by atoms with Crippen molar-refractivity contribution >= 4 is 26.9 Å². The molecule has 0 radical (unpaired) electrons. The third-order valence-corrected chi connectivity index (χ3v) is 5.53. The van der Waals surface area contributed by atoms with Crippen LogP contribution in [0.15, 0.2) is 59.6 Å². The van der Waals surface area contributed by atoms with Gasteiger partial charge < -0.3 is 9.72 Å². The second kappa shape index (κ2) is 6.70.